The molecule has 1 aliphatic rings. The van der Waals surface area contributed by atoms with E-state index in [1.807, 2.05) is 0 Å². The SMILES string of the molecule is NC(=O)c1ccc(CN2CCCCC2C(=O)O)c([N+](=O)[O-])c1. The van der Waals surface area contributed by atoms with Gasteiger partial charge in [0.25, 0.3) is 5.69 Å². The first-order valence-electron chi connectivity index (χ1n) is 6.94. The summed E-state index contributed by atoms with van der Waals surface area (Å²) in [6.45, 7) is 0.734. The van der Waals surface area contributed by atoms with E-state index in [-0.39, 0.29) is 17.8 Å². The quantitative estimate of drug-likeness (QED) is 0.620. The van der Waals surface area contributed by atoms with Gasteiger partial charge in [0.15, 0.2) is 0 Å². The number of carbonyl (C=O) groups excluding carboxylic acids is 1. The van der Waals surface area contributed by atoms with Gasteiger partial charge in [-0.25, -0.2) is 0 Å². The van der Waals surface area contributed by atoms with E-state index in [0.29, 0.717) is 18.5 Å². The third-order valence-electron chi connectivity index (χ3n) is 3.84. The van der Waals surface area contributed by atoms with E-state index in [1.165, 1.54) is 12.1 Å². The van der Waals surface area contributed by atoms with E-state index in [1.54, 1.807) is 4.90 Å². The van der Waals surface area contributed by atoms with Crippen LogP contribution >= 0.6 is 0 Å². The highest BCUT2D eigenvalue weighted by atomic mass is 16.6. The summed E-state index contributed by atoms with van der Waals surface area (Å²) in [4.78, 5) is 34.7. The molecule has 3 N–H and O–H groups in total. The Bertz CT molecular complexity index is 616. The first-order chi connectivity index (χ1) is 10.4. The topological polar surface area (TPSA) is 127 Å². The van der Waals surface area contributed by atoms with Crippen LogP contribution in [0.4, 0.5) is 5.69 Å². The summed E-state index contributed by atoms with van der Waals surface area (Å²) in [5.74, 6) is -1.66. The van der Waals surface area contributed by atoms with Gasteiger partial charge in [0.05, 0.1) is 4.92 Å². The smallest absolute Gasteiger partial charge is 0.320 e. The lowest BCUT2D eigenvalue weighted by atomic mass is 10.0. The Morgan fingerprint density at radius 2 is 2.14 bits per heavy atom. The summed E-state index contributed by atoms with van der Waals surface area (Å²) >= 11 is 0. The van der Waals surface area contributed by atoms with Gasteiger partial charge in [-0.3, -0.25) is 24.6 Å². The van der Waals surface area contributed by atoms with Gasteiger partial charge in [-0.1, -0.05) is 12.5 Å². The van der Waals surface area contributed by atoms with Crippen molar-refractivity contribution in [2.24, 2.45) is 5.73 Å². The Balaban J connectivity index is 2.29. The fraction of sp³-hybridized carbons (Fsp3) is 0.429. The Morgan fingerprint density at radius 3 is 2.73 bits per heavy atom. The van der Waals surface area contributed by atoms with Gasteiger partial charge in [0, 0.05) is 23.7 Å². The first kappa shape index (κ1) is 15.9. The number of carboxylic acids is 1. The number of piperidine rings is 1. The lowest BCUT2D eigenvalue weighted by Gasteiger charge is -2.32. The maximum atomic E-state index is 11.3. The van der Waals surface area contributed by atoms with Crippen molar-refractivity contribution in [1.82, 2.24) is 4.90 Å². The lowest BCUT2D eigenvalue weighted by Crippen LogP contribution is -2.44. The zero-order valence-electron chi connectivity index (χ0n) is 11.9. The highest BCUT2D eigenvalue weighted by Gasteiger charge is 2.30. The van der Waals surface area contributed by atoms with Crippen molar-refractivity contribution >= 4 is 17.6 Å². The number of benzene rings is 1. The molecule has 1 aromatic rings. The largest absolute Gasteiger partial charge is 0.480 e. The predicted octanol–water partition coefficient (Wildman–Crippen LogP) is 1.13. The molecule has 0 aliphatic carbocycles. The third kappa shape index (κ3) is 3.40. The van der Waals surface area contributed by atoms with Crippen molar-refractivity contribution in [3.63, 3.8) is 0 Å². The molecular weight excluding hydrogens is 290 g/mol. The van der Waals surface area contributed by atoms with E-state index >= 15 is 0 Å². The molecule has 8 nitrogen and oxygen atoms in total. The zero-order chi connectivity index (χ0) is 16.3. The molecule has 1 saturated heterocycles. The summed E-state index contributed by atoms with van der Waals surface area (Å²) in [7, 11) is 0. The van der Waals surface area contributed by atoms with Crippen molar-refractivity contribution in [3.05, 3.63) is 39.4 Å². The van der Waals surface area contributed by atoms with Crippen LogP contribution in [0.15, 0.2) is 18.2 Å². The number of carboxylic acid groups (broad SMARTS) is 1. The molecule has 0 bridgehead atoms. The lowest BCUT2D eigenvalue weighted by molar-refractivity contribution is -0.385. The number of rotatable bonds is 5. The number of nitrogens with two attached hydrogens (primary N) is 1. The summed E-state index contributed by atoms with van der Waals surface area (Å²) < 4.78 is 0. The summed E-state index contributed by atoms with van der Waals surface area (Å²) in [5, 5.41) is 20.4. The number of nitro groups is 1. The van der Waals surface area contributed by atoms with E-state index in [2.05, 4.69) is 0 Å². The van der Waals surface area contributed by atoms with E-state index in [0.717, 1.165) is 18.9 Å². The molecule has 0 aromatic heterocycles. The molecule has 22 heavy (non-hydrogen) atoms. The Kier molecular flexibility index (Phi) is 4.71. The third-order valence-corrected chi connectivity index (χ3v) is 3.84. The number of primary amides is 1. The van der Waals surface area contributed by atoms with Gasteiger partial charge in [-0.05, 0) is 25.5 Å². The number of hydrogen-bond acceptors (Lipinski definition) is 5. The molecule has 0 radical (unpaired) electrons. The number of nitrogens with zero attached hydrogens (tertiary/aromatic N) is 2. The molecule has 1 atom stereocenters. The highest BCUT2D eigenvalue weighted by molar-refractivity contribution is 5.93. The molecule has 1 heterocycles. The molecule has 1 fully saturated rings. The zero-order valence-corrected chi connectivity index (χ0v) is 11.9. The molecule has 1 amide bonds. The van der Waals surface area contributed by atoms with Gasteiger partial charge in [-0.15, -0.1) is 0 Å². The van der Waals surface area contributed by atoms with Crippen LogP contribution in [-0.4, -0.2) is 39.4 Å². The maximum absolute atomic E-state index is 11.3. The molecule has 8 heteroatoms. The summed E-state index contributed by atoms with van der Waals surface area (Å²) in [6.07, 6.45) is 2.22. The standard InChI is InChI=1S/C14H17N3O5/c15-13(18)9-4-5-10(12(7-9)17(21)22)8-16-6-2-1-3-11(16)14(19)20/h4-5,7,11H,1-3,6,8H2,(H2,15,18)(H,19,20). The number of hydrogen-bond donors (Lipinski definition) is 2. The molecule has 1 unspecified atom stereocenters. The van der Waals surface area contributed by atoms with Crippen molar-refractivity contribution in [2.75, 3.05) is 6.54 Å². The Labute approximate surface area is 126 Å². The number of nitro benzene ring substituents is 1. The van der Waals surface area contributed by atoms with E-state index < -0.39 is 22.8 Å². The van der Waals surface area contributed by atoms with Crippen molar-refractivity contribution in [2.45, 2.75) is 31.8 Å². The van der Waals surface area contributed by atoms with Crippen LogP contribution in [0, 0.1) is 10.1 Å². The number of aliphatic carboxylic acids is 1. The van der Waals surface area contributed by atoms with Gasteiger partial charge in [0.2, 0.25) is 5.91 Å². The summed E-state index contributed by atoms with van der Waals surface area (Å²) in [5.41, 5.74) is 5.35. The first-order valence-corrected chi connectivity index (χ1v) is 6.94. The number of amides is 1. The Hall–Kier alpha value is -2.48. The fourth-order valence-corrected chi connectivity index (χ4v) is 2.70. The average Bonchev–Trinajstić information content (AvgIpc) is 2.47. The number of likely N-dealkylation sites (tertiary alicyclic amines) is 1. The van der Waals surface area contributed by atoms with Crippen LogP contribution in [0.25, 0.3) is 0 Å². The molecule has 0 spiro atoms. The minimum absolute atomic E-state index is 0.0591. The van der Waals surface area contributed by atoms with Crippen molar-refractivity contribution in [3.8, 4) is 0 Å². The predicted molar refractivity (Wildman–Crippen MR) is 77.3 cm³/mol. The van der Waals surface area contributed by atoms with Crippen LogP contribution in [0.3, 0.4) is 0 Å². The van der Waals surface area contributed by atoms with Gasteiger partial charge in [0.1, 0.15) is 6.04 Å². The summed E-state index contributed by atoms with van der Waals surface area (Å²) in [6, 6.07) is 3.39. The maximum Gasteiger partial charge on any atom is 0.320 e. The van der Waals surface area contributed by atoms with E-state index in [9.17, 15) is 24.8 Å². The van der Waals surface area contributed by atoms with Crippen molar-refractivity contribution < 1.29 is 19.6 Å². The molecule has 2 rings (SSSR count). The second kappa shape index (κ2) is 6.52. The van der Waals surface area contributed by atoms with Crippen LogP contribution in [0.2, 0.25) is 0 Å². The molecule has 1 aromatic carbocycles. The molecular formula is C14H17N3O5. The molecule has 118 valence electrons. The average molecular weight is 307 g/mol. The van der Waals surface area contributed by atoms with Crippen LogP contribution in [0.1, 0.15) is 35.2 Å². The van der Waals surface area contributed by atoms with Gasteiger partial charge >= 0.3 is 5.97 Å². The minimum Gasteiger partial charge on any atom is -0.480 e. The van der Waals surface area contributed by atoms with Gasteiger partial charge in [-0.2, -0.15) is 0 Å². The monoisotopic (exact) mass is 307 g/mol. The minimum atomic E-state index is -0.920. The fourth-order valence-electron chi connectivity index (χ4n) is 2.70. The second-order valence-corrected chi connectivity index (χ2v) is 5.29. The van der Waals surface area contributed by atoms with Crippen LogP contribution in [0.5, 0.6) is 0 Å². The normalized spacial score (nSPS) is 18.8. The molecule has 1 aliphatic heterocycles. The second-order valence-electron chi connectivity index (χ2n) is 5.29. The van der Waals surface area contributed by atoms with E-state index in [4.69, 9.17) is 5.73 Å². The van der Waals surface area contributed by atoms with Crippen molar-refractivity contribution in [1.29, 1.82) is 0 Å². The highest BCUT2D eigenvalue weighted by Crippen LogP contribution is 2.25. The van der Waals surface area contributed by atoms with Gasteiger partial charge < -0.3 is 10.8 Å². The number of carbonyl (C=O) groups is 2. The van der Waals surface area contributed by atoms with Crippen LogP contribution < -0.4 is 5.73 Å². The molecule has 0 saturated carbocycles. The van der Waals surface area contributed by atoms with Crippen LogP contribution in [-0.2, 0) is 11.3 Å². The Morgan fingerprint density at radius 1 is 1.41 bits per heavy atom.